The summed E-state index contributed by atoms with van der Waals surface area (Å²) in [6.07, 6.45) is -6.56. The molecule has 30 heavy (non-hydrogen) atoms. The lowest BCUT2D eigenvalue weighted by Crippen LogP contribution is -2.49. The lowest BCUT2D eigenvalue weighted by atomic mass is 10.1. The zero-order chi connectivity index (χ0) is 27.2. The Bertz CT molecular complexity index is 981. The molecular weight excluding hydrogens is 435 g/mol. The smallest absolute Gasteiger partial charge is 0.305 e. The zero-order valence-electron chi connectivity index (χ0n) is 21.2. The summed E-state index contributed by atoms with van der Waals surface area (Å²) in [5.74, 6) is -6.33. The molecule has 0 fully saturated rings. The number of halogens is 2. The van der Waals surface area contributed by atoms with Crippen LogP contribution in [0, 0.1) is 0 Å². The quantitative estimate of drug-likeness (QED) is 0.383. The third-order valence-electron chi connectivity index (χ3n) is 3.84. The number of carboxylic acids is 2. The highest BCUT2D eigenvalue weighted by molar-refractivity contribution is 6.42. The van der Waals surface area contributed by atoms with Crippen molar-refractivity contribution in [1.29, 1.82) is 0 Å². The van der Waals surface area contributed by atoms with E-state index in [1.807, 2.05) is 12.2 Å². The summed E-state index contributed by atoms with van der Waals surface area (Å²) in [5.41, 5.74) is -0.265. The van der Waals surface area contributed by atoms with Crippen molar-refractivity contribution in [1.82, 2.24) is 10.2 Å². The van der Waals surface area contributed by atoms with Crippen molar-refractivity contribution in [3.05, 3.63) is 33.8 Å². The van der Waals surface area contributed by atoms with Crippen molar-refractivity contribution in [2.75, 3.05) is 13.1 Å². The number of hydrogen-bond acceptors (Lipinski definition) is 4. The summed E-state index contributed by atoms with van der Waals surface area (Å²) in [7, 11) is 0. The highest BCUT2D eigenvalue weighted by Gasteiger charge is 2.27. The van der Waals surface area contributed by atoms with Crippen LogP contribution in [0.1, 0.15) is 62.6 Å². The molecule has 0 saturated carbocycles. The monoisotopic (exact) mass is 465 g/mol. The van der Waals surface area contributed by atoms with Gasteiger partial charge in [-0.15, -0.1) is 0 Å². The van der Waals surface area contributed by atoms with E-state index >= 15 is 0 Å². The van der Waals surface area contributed by atoms with Gasteiger partial charge in [0.15, 0.2) is 0 Å². The van der Waals surface area contributed by atoms with E-state index in [2.05, 4.69) is 0 Å². The summed E-state index contributed by atoms with van der Waals surface area (Å²) in [5, 5.41) is 20.1. The molecule has 0 heterocycles. The molecule has 0 spiro atoms. The standard InChI is InChI=1S/C20H26Cl2N2O6/c1-2-3-4-10-24(11-9-18(27)28)20(30)16(7-8-17(25)26)23-19(29)13-5-6-14(21)15(22)12-13/h5-6,12,16H,2-4,7-11H2,1H3,(H,23,29)(H,25,26)(H,27,28)/i7D2,8D2,16D. The van der Waals surface area contributed by atoms with E-state index in [0.717, 1.165) is 17.0 Å². The first-order chi connectivity index (χ1) is 16.0. The zero-order valence-corrected chi connectivity index (χ0v) is 17.7. The van der Waals surface area contributed by atoms with Crippen LogP contribution in [0.2, 0.25) is 10.0 Å². The number of carbonyl (C=O) groups is 4. The second-order valence-electron chi connectivity index (χ2n) is 6.16. The lowest BCUT2D eigenvalue weighted by molar-refractivity contribution is -0.139. The third-order valence-corrected chi connectivity index (χ3v) is 4.58. The normalized spacial score (nSPS) is 16.0. The molecule has 1 aromatic rings. The third kappa shape index (κ3) is 9.00. The van der Waals surface area contributed by atoms with Gasteiger partial charge in [0.2, 0.25) is 5.91 Å². The van der Waals surface area contributed by atoms with Crippen LogP contribution in [0.25, 0.3) is 0 Å². The molecule has 10 heteroatoms. The van der Waals surface area contributed by atoms with Gasteiger partial charge in [0.05, 0.1) is 17.8 Å². The van der Waals surface area contributed by atoms with Crippen LogP contribution in [0.5, 0.6) is 0 Å². The maximum atomic E-state index is 13.5. The number of carboxylic acid groups (broad SMARTS) is 2. The van der Waals surface area contributed by atoms with Crippen molar-refractivity contribution < 1.29 is 36.2 Å². The Morgan fingerprint density at radius 2 is 1.83 bits per heavy atom. The number of rotatable bonds is 13. The molecule has 0 aliphatic heterocycles. The highest BCUT2D eigenvalue weighted by Crippen LogP contribution is 2.22. The molecule has 3 N–H and O–H groups in total. The van der Waals surface area contributed by atoms with Gasteiger partial charge in [-0.3, -0.25) is 19.2 Å². The van der Waals surface area contributed by atoms with Crippen LogP contribution < -0.4 is 5.32 Å². The maximum Gasteiger partial charge on any atom is 0.305 e. The Morgan fingerprint density at radius 1 is 1.13 bits per heavy atom. The van der Waals surface area contributed by atoms with Gasteiger partial charge in [-0.05, 0) is 31.0 Å². The van der Waals surface area contributed by atoms with E-state index < -0.39 is 55.5 Å². The first-order valence-corrected chi connectivity index (χ1v) is 9.80. The van der Waals surface area contributed by atoms with E-state index in [-0.39, 0.29) is 22.2 Å². The number of nitrogens with one attached hydrogen (secondary N) is 1. The minimum atomic E-state index is -3.82. The van der Waals surface area contributed by atoms with Gasteiger partial charge < -0.3 is 20.4 Å². The fourth-order valence-corrected chi connectivity index (χ4v) is 2.63. The fraction of sp³-hybridized carbons (Fsp3) is 0.500. The molecule has 1 atom stereocenters. The lowest BCUT2D eigenvalue weighted by Gasteiger charge is -2.27. The molecule has 0 aliphatic rings. The van der Waals surface area contributed by atoms with Gasteiger partial charge in [-0.2, -0.15) is 0 Å². The molecular formula is C20H26Cl2N2O6. The number of aliphatic carboxylic acids is 2. The summed E-state index contributed by atoms with van der Waals surface area (Å²) < 4.78 is 40.5. The van der Waals surface area contributed by atoms with Crippen LogP contribution in [-0.4, -0.2) is 58.0 Å². The molecule has 0 bridgehead atoms. The van der Waals surface area contributed by atoms with E-state index in [1.165, 1.54) is 6.07 Å². The van der Waals surface area contributed by atoms with Gasteiger partial charge in [0, 0.05) is 30.5 Å². The minimum absolute atomic E-state index is 0.0738. The fourth-order valence-electron chi connectivity index (χ4n) is 2.33. The van der Waals surface area contributed by atoms with E-state index in [0.29, 0.717) is 19.3 Å². The highest BCUT2D eigenvalue weighted by atomic mass is 35.5. The molecule has 0 saturated heterocycles. The Hall–Kier alpha value is -2.32. The van der Waals surface area contributed by atoms with Crippen molar-refractivity contribution in [3.63, 3.8) is 0 Å². The largest absolute Gasteiger partial charge is 0.481 e. The van der Waals surface area contributed by atoms with Gasteiger partial charge >= 0.3 is 11.9 Å². The van der Waals surface area contributed by atoms with Crippen molar-refractivity contribution >= 4 is 47.0 Å². The predicted octanol–water partition coefficient (Wildman–Crippen LogP) is 3.45. The number of nitrogens with zero attached hydrogens (tertiary/aromatic N) is 1. The maximum absolute atomic E-state index is 13.5. The van der Waals surface area contributed by atoms with Gasteiger partial charge in [0.1, 0.15) is 6.02 Å². The second kappa shape index (κ2) is 13.1. The summed E-state index contributed by atoms with van der Waals surface area (Å²) in [6, 6.07) is -0.0710. The van der Waals surface area contributed by atoms with Crippen molar-refractivity contribution in [3.8, 4) is 0 Å². The molecule has 8 nitrogen and oxygen atoms in total. The van der Waals surface area contributed by atoms with Gasteiger partial charge in [-0.1, -0.05) is 43.0 Å². The van der Waals surface area contributed by atoms with Gasteiger partial charge in [0.25, 0.3) is 5.91 Å². The molecule has 0 aliphatic carbocycles. The molecule has 166 valence electrons. The Kier molecular flexibility index (Phi) is 8.04. The second-order valence-corrected chi connectivity index (χ2v) is 6.97. The summed E-state index contributed by atoms with van der Waals surface area (Å²) >= 11 is 11.7. The molecule has 1 unspecified atom stereocenters. The molecule has 1 aromatic carbocycles. The summed E-state index contributed by atoms with van der Waals surface area (Å²) in [4.78, 5) is 49.8. The Labute approximate surface area is 192 Å². The summed E-state index contributed by atoms with van der Waals surface area (Å²) in [6.45, 7) is 1.25. The van der Waals surface area contributed by atoms with Crippen LogP contribution in [0.3, 0.4) is 0 Å². The Morgan fingerprint density at radius 3 is 2.40 bits per heavy atom. The number of carbonyl (C=O) groups excluding carboxylic acids is 2. The molecule has 0 aromatic heterocycles. The Balaban J connectivity index is 3.59. The molecule has 0 radical (unpaired) electrons. The van der Waals surface area contributed by atoms with Crippen LogP contribution in [0.4, 0.5) is 0 Å². The van der Waals surface area contributed by atoms with E-state index in [4.69, 9.17) is 35.2 Å². The van der Waals surface area contributed by atoms with Crippen LogP contribution in [0.15, 0.2) is 18.2 Å². The number of amides is 2. The average Bonchev–Trinajstić information content (AvgIpc) is 2.76. The first-order valence-electron chi connectivity index (χ1n) is 11.5. The van der Waals surface area contributed by atoms with E-state index in [9.17, 15) is 24.3 Å². The first kappa shape index (κ1) is 18.4. The number of unbranched alkanes of at least 4 members (excludes halogenated alkanes) is 2. The van der Waals surface area contributed by atoms with Gasteiger partial charge in [-0.25, -0.2) is 0 Å². The minimum Gasteiger partial charge on any atom is -0.481 e. The van der Waals surface area contributed by atoms with Crippen molar-refractivity contribution in [2.45, 2.75) is 51.4 Å². The predicted molar refractivity (Wildman–Crippen MR) is 113 cm³/mol. The van der Waals surface area contributed by atoms with Crippen LogP contribution in [-0.2, 0) is 14.4 Å². The number of benzene rings is 1. The van der Waals surface area contributed by atoms with Crippen LogP contribution >= 0.6 is 23.2 Å². The van der Waals surface area contributed by atoms with E-state index in [1.54, 1.807) is 0 Å². The SMILES string of the molecule is [2H]C([2H])(C(=O)O)C([2H])([2H])C([2H])(NC(=O)c1ccc(Cl)c(Cl)c1)C(=O)N(CCCCC)CCC(=O)O. The average molecular weight is 466 g/mol. The molecule has 2 amide bonds. The topological polar surface area (TPSA) is 124 Å². The van der Waals surface area contributed by atoms with Crippen molar-refractivity contribution in [2.24, 2.45) is 0 Å². The number of hydrogen-bond donors (Lipinski definition) is 3. The molecule has 1 rings (SSSR count).